The molecule has 0 spiro atoms. The molecule has 1 rings (SSSR count). The highest BCUT2D eigenvalue weighted by molar-refractivity contribution is 5.69. The number of carbonyl (C=O) groups excluding carboxylic acids is 1. The molecular weight excluding hydrogens is 108 g/mol. The average molecular weight is 116 g/mol. The Morgan fingerprint density at radius 1 is 1.75 bits per heavy atom. The molecule has 1 heterocycles. The molecule has 0 aromatic rings. The summed E-state index contributed by atoms with van der Waals surface area (Å²) in [5.41, 5.74) is 0. The number of rotatable bonds is 0. The van der Waals surface area contributed by atoms with Gasteiger partial charge in [-0.25, -0.2) is 4.79 Å². The minimum absolute atomic E-state index is 0.260. The van der Waals surface area contributed by atoms with E-state index in [4.69, 9.17) is 0 Å². The van der Waals surface area contributed by atoms with Gasteiger partial charge < -0.3 is 0 Å². The first-order valence-electron chi connectivity index (χ1n) is 2.61. The molecule has 0 aliphatic carbocycles. The number of carbonyl (C=O) groups is 1. The first-order chi connectivity index (χ1) is 3.79. The SMILES string of the molecule is CC1COOC(=O)C1. The molecule has 1 aliphatic heterocycles. The van der Waals surface area contributed by atoms with Crippen LogP contribution in [0.4, 0.5) is 0 Å². The van der Waals surface area contributed by atoms with E-state index in [9.17, 15) is 4.79 Å². The maximum absolute atomic E-state index is 10.3. The molecule has 1 atom stereocenters. The van der Waals surface area contributed by atoms with Gasteiger partial charge in [-0.05, 0) is 5.92 Å². The summed E-state index contributed by atoms with van der Waals surface area (Å²) in [7, 11) is 0. The fraction of sp³-hybridized carbons (Fsp3) is 0.800. The van der Waals surface area contributed by atoms with Crippen molar-refractivity contribution in [2.24, 2.45) is 5.92 Å². The molecule has 8 heavy (non-hydrogen) atoms. The predicted octanol–water partition coefficient (Wildman–Crippen LogP) is 0.501. The molecule has 0 N–H and O–H groups in total. The van der Waals surface area contributed by atoms with E-state index in [-0.39, 0.29) is 5.97 Å². The lowest BCUT2D eigenvalue weighted by atomic mass is 10.1. The Kier molecular flexibility index (Phi) is 1.48. The lowest BCUT2D eigenvalue weighted by molar-refractivity contribution is -0.292. The molecule has 0 bridgehead atoms. The Bertz CT molecular complexity index is 99.8. The molecule has 1 saturated heterocycles. The highest BCUT2D eigenvalue weighted by Crippen LogP contribution is 2.09. The third-order valence-electron chi connectivity index (χ3n) is 1.02. The fourth-order valence-corrected chi connectivity index (χ4v) is 0.593. The van der Waals surface area contributed by atoms with Gasteiger partial charge in [0.1, 0.15) is 0 Å². The van der Waals surface area contributed by atoms with Gasteiger partial charge in [-0.3, -0.25) is 4.89 Å². The zero-order chi connectivity index (χ0) is 5.98. The van der Waals surface area contributed by atoms with Crippen LogP contribution in [0.2, 0.25) is 0 Å². The molecule has 3 nitrogen and oxygen atoms in total. The lowest BCUT2D eigenvalue weighted by Crippen LogP contribution is -2.21. The monoisotopic (exact) mass is 116 g/mol. The Labute approximate surface area is 47.5 Å². The first kappa shape index (κ1) is 5.56. The van der Waals surface area contributed by atoms with Crippen molar-refractivity contribution in [3.63, 3.8) is 0 Å². The van der Waals surface area contributed by atoms with Crippen molar-refractivity contribution < 1.29 is 14.6 Å². The van der Waals surface area contributed by atoms with Crippen LogP contribution in [0.3, 0.4) is 0 Å². The van der Waals surface area contributed by atoms with Gasteiger partial charge in [0.25, 0.3) is 0 Å². The van der Waals surface area contributed by atoms with Crippen molar-refractivity contribution in [1.82, 2.24) is 0 Å². The van der Waals surface area contributed by atoms with Gasteiger partial charge in [0.05, 0.1) is 13.0 Å². The maximum Gasteiger partial charge on any atom is 0.342 e. The second-order valence-corrected chi connectivity index (χ2v) is 2.05. The van der Waals surface area contributed by atoms with Crippen LogP contribution in [0.25, 0.3) is 0 Å². The minimum Gasteiger partial charge on any atom is -0.298 e. The van der Waals surface area contributed by atoms with Crippen LogP contribution in [-0.2, 0) is 14.6 Å². The Balaban J connectivity index is 2.34. The van der Waals surface area contributed by atoms with E-state index < -0.39 is 0 Å². The van der Waals surface area contributed by atoms with E-state index in [1.165, 1.54) is 0 Å². The second-order valence-electron chi connectivity index (χ2n) is 2.05. The van der Waals surface area contributed by atoms with E-state index >= 15 is 0 Å². The minimum atomic E-state index is -0.260. The van der Waals surface area contributed by atoms with Crippen molar-refractivity contribution in [1.29, 1.82) is 0 Å². The van der Waals surface area contributed by atoms with Gasteiger partial charge in [0.2, 0.25) is 0 Å². The summed E-state index contributed by atoms with van der Waals surface area (Å²) in [6, 6.07) is 0. The summed E-state index contributed by atoms with van der Waals surface area (Å²) in [6.07, 6.45) is 0.486. The van der Waals surface area contributed by atoms with Gasteiger partial charge in [-0.15, -0.1) is 0 Å². The van der Waals surface area contributed by atoms with Crippen molar-refractivity contribution >= 4 is 5.97 Å². The molecule has 0 aromatic heterocycles. The van der Waals surface area contributed by atoms with Gasteiger partial charge in [0.15, 0.2) is 0 Å². The Morgan fingerprint density at radius 3 is 2.88 bits per heavy atom. The van der Waals surface area contributed by atoms with Crippen LogP contribution in [0.1, 0.15) is 13.3 Å². The molecule has 3 heteroatoms. The smallest absolute Gasteiger partial charge is 0.298 e. The molecule has 0 saturated carbocycles. The highest BCUT2D eigenvalue weighted by atomic mass is 17.2. The third kappa shape index (κ3) is 1.20. The van der Waals surface area contributed by atoms with Crippen molar-refractivity contribution in [3.8, 4) is 0 Å². The van der Waals surface area contributed by atoms with Gasteiger partial charge in [-0.1, -0.05) is 6.92 Å². The van der Waals surface area contributed by atoms with E-state index in [1.807, 2.05) is 6.92 Å². The lowest BCUT2D eigenvalue weighted by Gasteiger charge is -2.14. The largest absolute Gasteiger partial charge is 0.342 e. The normalized spacial score (nSPS) is 29.6. The summed E-state index contributed by atoms with van der Waals surface area (Å²) in [5.74, 6) is 0.0556. The van der Waals surface area contributed by atoms with Gasteiger partial charge in [0, 0.05) is 0 Å². The topological polar surface area (TPSA) is 35.5 Å². The van der Waals surface area contributed by atoms with Crippen molar-refractivity contribution in [3.05, 3.63) is 0 Å². The van der Waals surface area contributed by atoms with E-state index in [1.54, 1.807) is 0 Å². The molecule has 0 radical (unpaired) electrons. The van der Waals surface area contributed by atoms with Crippen LogP contribution >= 0.6 is 0 Å². The number of hydrogen-bond donors (Lipinski definition) is 0. The van der Waals surface area contributed by atoms with E-state index in [0.717, 1.165) is 0 Å². The van der Waals surface area contributed by atoms with Gasteiger partial charge in [-0.2, -0.15) is 4.89 Å². The first-order valence-corrected chi connectivity index (χ1v) is 2.61. The average Bonchev–Trinajstić information content (AvgIpc) is 1.64. The summed E-state index contributed by atoms with van der Waals surface area (Å²) in [5, 5.41) is 0. The predicted molar refractivity (Wildman–Crippen MR) is 25.8 cm³/mol. The molecule has 1 fully saturated rings. The number of hydrogen-bond acceptors (Lipinski definition) is 3. The zero-order valence-electron chi connectivity index (χ0n) is 4.72. The van der Waals surface area contributed by atoms with E-state index in [2.05, 4.69) is 9.78 Å². The molecule has 0 amide bonds. The summed E-state index contributed by atoms with van der Waals surface area (Å²) in [6.45, 7) is 2.48. The van der Waals surface area contributed by atoms with E-state index in [0.29, 0.717) is 18.9 Å². The highest BCUT2D eigenvalue weighted by Gasteiger charge is 2.17. The van der Waals surface area contributed by atoms with Crippen LogP contribution in [0.5, 0.6) is 0 Å². The molecule has 1 aliphatic rings. The summed E-state index contributed by atoms with van der Waals surface area (Å²) in [4.78, 5) is 19.0. The molecule has 1 unspecified atom stereocenters. The molecule has 46 valence electrons. The van der Waals surface area contributed by atoms with Crippen LogP contribution in [0, 0.1) is 5.92 Å². The zero-order valence-corrected chi connectivity index (χ0v) is 4.72. The molecular formula is C5H8O3. The van der Waals surface area contributed by atoms with Crippen LogP contribution < -0.4 is 0 Å². The van der Waals surface area contributed by atoms with Crippen LogP contribution in [-0.4, -0.2) is 12.6 Å². The second kappa shape index (κ2) is 2.13. The van der Waals surface area contributed by atoms with Crippen molar-refractivity contribution in [2.75, 3.05) is 6.61 Å². The van der Waals surface area contributed by atoms with Gasteiger partial charge >= 0.3 is 5.97 Å². The quantitative estimate of drug-likeness (QED) is 0.432. The fourth-order valence-electron chi connectivity index (χ4n) is 0.593. The Morgan fingerprint density at radius 2 is 2.50 bits per heavy atom. The standard InChI is InChI=1S/C5H8O3/c1-4-2-5(6)8-7-3-4/h4H,2-3H2,1H3. The summed E-state index contributed by atoms with van der Waals surface area (Å²) >= 11 is 0. The van der Waals surface area contributed by atoms with Crippen LogP contribution in [0.15, 0.2) is 0 Å². The van der Waals surface area contributed by atoms with Crippen molar-refractivity contribution in [2.45, 2.75) is 13.3 Å². The Hall–Kier alpha value is -0.570. The molecule has 0 aromatic carbocycles. The summed E-state index contributed by atoms with van der Waals surface area (Å²) < 4.78 is 0. The third-order valence-corrected chi connectivity index (χ3v) is 1.02. The maximum atomic E-state index is 10.3.